The van der Waals surface area contributed by atoms with Gasteiger partial charge in [0.2, 0.25) is 0 Å². The molecule has 1 aromatic carbocycles. The third-order valence-electron chi connectivity index (χ3n) is 0.988. The molecular formula is C8H12BO2. The van der Waals surface area contributed by atoms with Crippen LogP contribution in [0.15, 0.2) is 30.3 Å². The second-order valence-electron chi connectivity index (χ2n) is 1.63. The van der Waals surface area contributed by atoms with Gasteiger partial charge in [-0.25, -0.2) is 0 Å². The summed E-state index contributed by atoms with van der Waals surface area (Å²) >= 11 is 0. The van der Waals surface area contributed by atoms with Crippen LogP contribution in [0.4, 0.5) is 0 Å². The lowest BCUT2D eigenvalue weighted by Gasteiger charge is -1.90. The Balaban J connectivity index is 0.000000461. The molecule has 11 heavy (non-hydrogen) atoms. The molecule has 0 atom stereocenters. The van der Waals surface area contributed by atoms with Crippen LogP contribution in [0.2, 0.25) is 0 Å². The number of rotatable bonds is 2. The fourth-order valence-electron chi connectivity index (χ4n) is 0.592. The van der Waals surface area contributed by atoms with Gasteiger partial charge in [-0.15, -0.1) is 0 Å². The van der Waals surface area contributed by atoms with Crippen molar-refractivity contribution in [3.63, 3.8) is 0 Å². The lowest BCUT2D eigenvalue weighted by atomic mass is 9.89. The van der Waals surface area contributed by atoms with Gasteiger partial charge in [0.25, 0.3) is 0 Å². The summed E-state index contributed by atoms with van der Waals surface area (Å²) in [6.07, 6.45) is 0. The Hall–Kier alpha value is -0.795. The predicted octanol–water partition coefficient (Wildman–Crippen LogP) is 1.45. The maximum atomic E-state index is 7.96. The van der Waals surface area contributed by atoms with Crippen molar-refractivity contribution in [3.05, 3.63) is 30.3 Å². The van der Waals surface area contributed by atoms with Crippen molar-refractivity contribution >= 4 is 12.9 Å². The zero-order chi connectivity index (χ0) is 8.53. The summed E-state index contributed by atoms with van der Waals surface area (Å²) in [5.74, 6) is 0. The first kappa shape index (κ1) is 10.2. The highest BCUT2D eigenvalue weighted by Gasteiger charge is 1.91. The maximum absolute atomic E-state index is 7.96. The van der Waals surface area contributed by atoms with Crippen molar-refractivity contribution in [1.82, 2.24) is 0 Å². The van der Waals surface area contributed by atoms with Gasteiger partial charge in [0.1, 0.15) is 0 Å². The molecule has 0 amide bonds. The van der Waals surface area contributed by atoms with Crippen molar-refractivity contribution in [2.75, 3.05) is 0 Å². The quantitative estimate of drug-likeness (QED) is 0.393. The van der Waals surface area contributed by atoms with Gasteiger partial charge >= 0.3 is 7.48 Å². The Morgan fingerprint density at radius 1 is 1.18 bits per heavy atom. The molecule has 0 aliphatic rings. The molecule has 0 unspecified atom stereocenters. The Morgan fingerprint density at radius 3 is 2.18 bits per heavy atom. The molecule has 0 fully saturated rings. The molecule has 0 saturated heterocycles. The molecule has 0 spiro atoms. The van der Waals surface area contributed by atoms with E-state index in [-0.39, 0.29) is 0 Å². The second kappa shape index (κ2) is 7.31. The molecule has 1 N–H and O–H groups in total. The van der Waals surface area contributed by atoms with Gasteiger partial charge in [-0.2, -0.15) is 0 Å². The van der Waals surface area contributed by atoms with Crippen LogP contribution in [0.5, 0.6) is 0 Å². The van der Waals surface area contributed by atoms with Crippen molar-refractivity contribution in [2.45, 2.75) is 13.8 Å². The van der Waals surface area contributed by atoms with E-state index in [9.17, 15) is 0 Å². The normalized spacial score (nSPS) is 7.91. The van der Waals surface area contributed by atoms with E-state index in [1.54, 1.807) is 0 Å². The molecule has 3 heteroatoms. The smallest absolute Gasteiger partial charge is 0.307 e. The Bertz CT molecular complexity index is 165. The third kappa shape index (κ3) is 4.59. The van der Waals surface area contributed by atoms with Gasteiger partial charge in [0.05, 0.1) is 0 Å². The topological polar surface area (TPSA) is 29.5 Å². The Labute approximate surface area is 68.0 Å². The Morgan fingerprint density at radius 2 is 1.73 bits per heavy atom. The summed E-state index contributed by atoms with van der Waals surface area (Å²) in [5, 5.41) is 7.96. The molecule has 0 aromatic heterocycles. The van der Waals surface area contributed by atoms with Crippen LogP contribution < -0.4 is 5.46 Å². The van der Waals surface area contributed by atoms with Crippen LogP contribution in [0, 0.1) is 0 Å². The minimum atomic E-state index is 0.847. The highest BCUT2D eigenvalue weighted by Crippen LogP contribution is 1.79. The zero-order valence-electron chi connectivity index (χ0n) is 6.82. The van der Waals surface area contributed by atoms with Gasteiger partial charge in [0.15, 0.2) is 0 Å². The average molecular weight is 151 g/mol. The zero-order valence-corrected chi connectivity index (χ0v) is 6.82. The summed E-state index contributed by atoms with van der Waals surface area (Å²) in [4.78, 5) is 3.80. The molecule has 0 bridgehead atoms. The fraction of sp³-hybridized carbons (Fsp3) is 0.250. The highest BCUT2D eigenvalue weighted by molar-refractivity contribution is 6.46. The lowest BCUT2D eigenvalue weighted by Crippen LogP contribution is -2.14. The van der Waals surface area contributed by atoms with Gasteiger partial charge in [-0.1, -0.05) is 49.6 Å². The van der Waals surface area contributed by atoms with E-state index in [1.165, 1.54) is 7.48 Å². The van der Waals surface area contributed by atoms with Crippen LogP contribution >= 0.6 is 0 Å². The molecule has 0 aliphatic heterocycles. The first-order chi connectivity index (χ1) is 5.43. The fourth-order valence-corrected chi connectivity index (χ4v) is 0.592. The van der Waals surface area contributed by atoms with Crippen LogP contribution in [0.3, 0.4) is 0 Å². The number of hydrogen-bond acceptors (Lipinski definition) is 2. The van der Waals surface area contributed by atoms with E-state index in [0.29, 0.717) is 0 Å². The molecule has 1 aromatic rings. The van der Waals surface area contributed by atoms with Crippen molar-refractivity contribution in [1.29, 1.82) is 0 Å². The van der Waals surface area contributed by atoms with Gasteiger partial charge in [0, 0.05) is 0 Å². The first-order valence-electron chi connectivity index (χ1n) is 3.62. The van der Waals surface area contributed by atoms with Crippen LogP contribution in [-0.4, -0.2) is 12.7 Å². The minimum absolute atomic E-state index is 0.847. The van der Waals surface area contributed by atoms with E-state index in [0.717, 1.165) is 5.46 Å². The largest absolute Gasteiger partial charge is 0.381 e. The summed E-state index contributed by atoms with van der Waals surface area (Å²) in [6, 6.07) is 9.29. The van der Waals surface area contributed by atoms with Crippen molar-refractivity contribution < 1.29 is 10.1 Å². The molecule has 0 heterocycles. The Kier molecular flexibility index (Phi) is 6.78. The van der Waals surface area contributed by atoms with E-state index in [1.807, 2.05) is 44.2 Å². The highest BCUT2D eigenvalue weighted by atomic mass is 17.1. The number of benzene rings is 1. The van der Waals surface area contributed by atoms with E-state index in [4.69, 9.17) is 5.26 Å². The predicted molar refractivity (Wildman–Crippen MR) is 46.9 cm³/mol. The van der Waals surface area contributed by atoms with Crippen LogP contribution in [0.25, 0.3) is 0 Å². The van der Waals surface area contributed by atoms with Crippen molar-refractivity contribution in [3.8, 4) is 0 Å². The molecule has 1 rings (SSSR count). The number of hydrogen-bond donors (Lipinski definition) is 1. The third-order valence-corrected chi connectivity index (χ3v) is 0.988. The maximum Gasteiger partial charge on any atom is 0.381 e. The molecular weight excluding hydrogens is 139 g/mol. The standard InChI is InChI=1S/C6H6BO2.C2H6/c8-9-7-6-4-2-1-3-5-6;1-2/h1-5,8H;1-2H3. The van der Waals surface area contributed by atoms with E-state index >= 15 is 0 Å². The van der Waals surface area contributed by atoms with Gasteiger partial charge in [-0.05, 0) is 0 Å². The van der Waals surface area contributed by atoms with E-state index < -0.39 is 0 Å². The molecule has 0 saturated carbocycles. The second-order valence-corrected chi connectivity index (χ2v) is 1.63. The lowest BCUT2D eigenvalue weighted by molar-refractivity contribution is -0.135. The van der Waals surface area contributed by atoms with Gasteiger partial charge in [-0.3, -0.25) is 5.26 Å². The molecule has 1 radical (unpaired) electrons. The summed E-state index contributed by atoms with van der Waals surface area (Å²) in [6.45, 7) is 4.00. The SMILES string of the molecule is CC.OO[B]c1ccccc1. The average Bonchev–Trinajstić information content (AvgIpc) is 2.11. The van der Waals surface area contributed by atoms with Crippen LogP contribution in [-0.2, 0) is 4.81 Å². The van der Waals surface area contributed by atoms with Crippen LogP contribution in [0.1, 0.15) is 13.8 Å². The monoisotopic (exact) mass is 151 g/mol. The molecule has 2 nitrogen and oxygen atoms in total. The van der Waals surface area contributed by atoms with Crippen molar-refractivity contribution in [2.24, 2.45) is 0 Å². The molecule has 59 valence electrons. The summed E-state index contributed by atoms with van der Waals surface area (Å²) in [5.41, 5.74) is 0.847. The summed E-state index contributed by atoms with van der Waals surface area (Å²) < 4.78 is 0. The first-order valence-corrected chi connectivity index (χ1v) is 3.62. The van der Waals surface area contributed by atoms with Gasteiger partial charge < -0.3 is 4.81 Å². The minimum Gasteiger partial charge on any atom is -0.307 e. The molecule has 0 aliphatic carbocycles. The summed E-state index contributed by atoms with van der Waals surface area (Å²) in [7, 11) is 1.26. The van der Waals surface area contributed by atoms with E-state index in [2.05, 4.69) is 4.81 Å².